The van der Waals surface area contributed by atoms with Crippen LogP contribution in [0, 0.1) is 10.1 Å². The number of amides is 1. The number of hydrogen-bond acceptors (Lipinski definition) is 6. The minimum atomic E-state index is -0.626. The first-order valence-corrected chi connectivity index (χ1v) is 6.53. The van der Waals surface area contributed by atoms with Gasteiger partial charge in [0, 0.05) is 12.1 Å². The Hall–Kier alpha value is -3.26. The van der Waals surface area contributed by atoms with E-state index >= 15 is 0 Å². The zero-order valence-corrected chi connectivity index (χ0v) is 11.9. The Labute approximate surface area is 131 Å². The van der Waals surface area contributed by atoms with E-state index in [1.807, 2.05) is 0 Å². The number of hydrazone groups is 1. The number of aliphatic hydroxyl groups excluding tert-OH is 1. The Morgan fingerprint density at radius 1 is 1.17 bits per heavy atom. The van der Waals surface area contributed by atoms with Gasteiger partial charge in [-0.05, 0) is 42.0 Å². The van der Waals surface area contributed by atoms with Crippen LogP contribution in [0.1, 0.15) is 5.56 Å². The van der Waals surface area contributed by atoms with Crippen molar-refractivity contribution in [3.63, 3.8) is 0 Å². The van der Waals surface area contributed by atoms with Gasteiger partial charge in [0.05, 0.1) is 11.1 Å². The quantitative estimate of drug-likeness (QED) is 0.479. The number of nitro benzene ring substituents is 1. The van der Waals surface area contributed by atoms with Gasteiger partial charge >= 0.3 is 0 Å². The molecule has 0 heterocycles. The first-order valence-electron chi connectivity index (χ1n) is 6.53. The zero-order valence-electron chi connectivity index (χ0n) is 11.9. The lowest BCUT2D eigenvalue weighted by Gasteiger charge is -2.05. The molecule has 8 nitrogen and oxygen atoms in total. The molecule has 0 aliphatic carbocycles. The van der Waals surface area contributed by atoms with Crippen LogP contribution in [-0.4, -0.2) is 28.8 Å². The molecule has 0 spiro atoms. The molecule has 0 aromatic heterocycles. The average Bonchev–Trinajstić information content (AvgIpc) is 2.56. The van der Waals surface area contributed by atoms with E-state index in [2.05, 4.69) is 10.5 Å². The summed E-state index contributed by atoms with van der Waals surface area (Å²) in [5.74, 6) is 0.432. The lowest BCUT2D eigenvalue weighted by molar-refractivity contribution is -0.384. The third-order valence-electron chi connectivity index (χ3n) is 2.71. The topological polar surface area (TPSA) is 114 Å². The van der Waals surface area contributed by atoms with E-state index in [-0.39, 0.29) is 5.69 Å². The van der Waals surface area contributed by atoms with Crippen molar-refractivity contribution in [3.8, 4) is 11.5 Å². The maximum absolute atomic E-state index is 10.8. The van der Waals surface area contributed by atoms with Crippen LogP contribution in [0.25, 0.3) is 0 Å². The standard InChI is InChI=1S/C15H13N3O5/c19-10-15(20)17-16-9-11-1-5-13(6-2-11)23-14-7-3-12(4-8-14)18(21)22/h1-9,19H,10H2,(H,17,20). The Morgan fingerprint density at radius 2 is 1.74 bits per heavy atom. The molecule has 2 aromatic rings. The molecule has 0 saturated carbocycles. The fraction of sp³-hybridized carbons (Fsp3) is 0.0667. The highest BCUT2D eigenvalue weighted by Gasteiger charge is 2.05. The molecule has 0 atom stereocenters. The van der Waals surface area contributed by atoms with E-state index < -0.39 is 17.4 Å². The SMILES string of the molecule is O=C(CO)NN=Cc1ccc(Oc2ccc([N+](=O)[O-])cc2)cc1. The van der Waals surface area contributed by atoms with Crippen molar-refractivity contribution in [2.24, 2.45) is 5.10 Å². The van der Waals surface area contributed by atoms with Gasteiger partial charge in [0.25, 0.3) is 11.6 Å². The summed E-state index contributed by atoms with van der Waals surface area (Å²) in [6.07, 6.45) is 1.42. The van der Waals surface area contributed by atoms with Crippen molar-refractivity contribution in [2.45, 2.75) is 0 Å². The molecular formula is C15H13N3O5. The Bertz CT molecular complexity index is 711. The van der Waals surface area contributed by atoms with Crippen LogP contribution < -0.4 is 10.2 Å². The van der Waals surface area contributed by atoms with E-state index in [1.165, 1.54) is 30.5 Å². The number of benzene rings is 2. The Morgan fingerprint density at radius 3 is 2.26 bits per heavy atom. The molecule has 0 fully saturated rings. The average molecular weight is 315 g/mol. The molecule has 0 radical (unpaired) electrons. The predicted molar refractivity (Wildman–Crippen MR) is 82.4 cm³/mol. The number of rotatable bonds is 6. The van der Waals surface area contributed by atoms with Gasteiger partial charge in [-0.25, -0.2) is 5.43 Å². The lowest BCUT2D eigenvalue weighted by atomic mass is 10.2. The number of carbonyl (C=O) groups is 1. The van der Waals surface area contributed by atoms with E-state index in [9.17, 15) is 14.9 Å². The van der Waals surface area contributed by atoms with Gasteiger partial charge < -0.3 is 9.84 Å². The predicted octanol–water partition coefficient (Wildman–Crippen LogP) is 1.83. The van der Waals surface area contributed by atoms with Gasteiger partial charge in [0.2, 0.25) is 0 Å². The summed E-state index contributed by atoms with van der Waals surface area (Å²) < 4.78 is 5.56. The molecule has 0 saturated heterocycles. The number of aliphatic hydroxyl groups is 1. The van der Waals surface area contributed by atoms with Gasteiger partial charge in [-0.3, -0.25) is 14.9 Å². The molecule has 2 rings (SSSR count). The molecule has 8 heteroatoms. The van der Waals surface area contributed by atoms with Gasteiger partial charge in [0.15, 0.2) is 0 Å². The third-order valence-corrected chi connectivity index (χ3v) is 2.71. The lowest BCUT2D eigenvalue weighted by Crippen LogP contribution is -2.20. The van der Waals surface area contributed by atoms with Crippen molar-refractivity contribution in [2.75, 3.05) is 6.61 Å². The molecule has 0 bridgehead atoms. The van der Waals surface area contributed by atoms with Crippen LogP contribution in [0.5, 0.6) is 11.5 Å². The van der Waals surface area contributed by atoms with Crippen LogP contribution >= 0.6 is 0 Å². The van der Waals surface area contributed by atoms with Crippen molar-refractivity contribution < 1.29 is 19.6 Å². The second-order valence-corrected chi connectivity index (χ2v) is 4.37. The Balaban J connectivity index is 1.96. The van der Waals surface area contributed by atoms with Crippen LogP contribution in [-0.2, 0) is 4.79 Å². The highest BCUT2D eigenvalue weighted by molar-refractivity contribution is 5.82. The maximum Gasteiger partial charge on any atom is 0.269 e. The van der Waals surface area contributed by atoms with Crippen LogP contribution in [0.2, 0.25) is 0 Å². The van der Waals surface area contributed by atoms with E-state index in [0.29, 0.717) is 11.5 Å². The monoisotopic (exact) mass is 315 g/mol. The smallest absolute Gasteiger partial charge is 0.269 e. The van der Waals surface area contributed by atoms with Gasteiger partial charge in [0.1, 0.15) is 18.1 Å². The molecule has 2 aromatic carbocycles. The van der Waals surface area contributed by atoms with Gasteiger partial charge in [-0.1, -0.05) is 0 Å². The number of ether oxygens (including phenoxy) is 1. The van der Waals surface area contributed by atoms with Crippen molar-refractivity contribution in [1.29, 1.82) is 0 Å². The fourth-order valence-corrected chi connectivity index (χ4v) is 1.61. The summed E-state index contributed by atoms with van der Waals surface area (Å²) >= 11 is 0. The van der Waals surface area contributed by atoms with Gasteiger partial charge in [-0.2, -0.15) is 5.10 Å². The number of carbonyl (C=O) groups excluding carboxylic acids is 1. The summed E-state index contributed by atoms with van der Waals surface area (Å²) in [6, 6.07) is 12.6. The van der Waals surface area contributed by atoms with Gasteiger partial charge in [-0.15, -0.1) is 0 Å². The summed E-state index contributed by atoms with van der Waals surface area (Å²) in [5.41, 5.74) is 2.86. The number of non-ortho nitro benzene ring substituents is 1. The summed E-state index contributed by atoms with van der Waals surface area (Å²) in [5, 5.41) is 22.7. The number of nitro groups is 1. The van der Waals surface area contributed by atoms with Crippen molar-refractivity contribution in [3.05, 3.63) is 64.2 Å². The van der Waals surface area contributed by atoms with Crippen LogP contribution in [0.4, 0.5) is 5.69 Å². The van der Waals surface area contributed by atoms with Crippen LogP contribution in [0.3, 0.4) is 0 Å². The molecule has 2 N–H and O–H groups in total. The first kappa shape index (κ1) is 16.1. The summed E-state index contributed by atoms with van der Waals surface area (Å²) in [6.45, 7) is -0.626. The molecule has 0 aliphatic heterocycles. The second-order valence-electron chi connectivity index (χ2n) is 4.37. The van der Waals surface area contributed by atoms with E-state index in [4.69, 9.17) is 9.84 Å². The highest BCUT2D eigenvalue weighted by atomic mass is 16.6. The zero-order chi connectivity index (χ0) is 16.7. The van der Waals surface area contributed by atoms with E-state index in [0.717, 1.165) is 5.56 Å². The van der Waals surface area contributed by atoms with E-state index in [1.54, 1.807) is 24.3 Å². The molecule has 0 aliphatic rings. The normalized spacial score (nSPS) is 10.5. The number of nitrogens with zero attached hydrogens (tertiary/aromatic N) is 2. The largest absolute Gasteiger partial charge is 0.457 e. The minimum absolute atomic E-state index is 0.00571. The number of hydrogen-bond donors (Lipinski definition) is 2. The summed E-state index contributed by atoms with van der Waals surface area (Å²) in [4.78, 5) is 20.9. The van der Waals surface area contributed by atoms with Crippen molar-refractivity contribution in [1.82, 2.24) is 5.43 Å². The van der Waals surface area contributed by atoms with Crippen LogP contribution in [0.15, 0.2) is 53.6 Å². The Kier molecular flexibility index (Phi) is 5.37. The highest BCUT2D eigenvalue weighted by Crippen LogP contribution is 2.23. The van der Waals surface area contributed by atoms with Crippen molar-refractivity contribution >= 4 is 17.8 Å². The summed E-state index contributed by atoms with van der Waals surface area (Å²) in [7, 11) is 0. The molecule has 1 amide bonds. The number of nitrogens with one attached hydrogen (secondary N) is 1. The first-order chi connectivity index (χ1) is 11.1. The third kappa shape index (κ3) is 4.90. The molecule has 118 valence electrons. The molecule has 23 heavy (non-hydrogen) atoms. The fourth-order valence-electron chi connectivity index (χ4n) is 1.61. The molecular weight excluding hydrogens is 302 g/mol. The maximum atomic E-state index is 10.8. The minimum Gasteiger partial charge on any atom is -0.457 e. The second kappa shape index (κ2) is 7.66. The molecule has 0 unspecified atom stereocenters.